The largest absolute Gasteiger partial charge is 0.481 e. The molecule has 0 radical (unpaired) electrons. The molecule has 5 nitrogen and oxygen atoms in total. The molecular formula is C23H17F3N2O3S. The molecule has 0 aliphatic carbocycles. The lowest BCUT2D eigenvalue weighted by Gasteiger charge is -2.07. The second-order valence-electron chi connectivity index (χ2n) is 6.78. The highest BCUT2D eigenvalue weighted by Gasteiger charge is 2.40. The van der Waals surface area contributed by atoms with Crippen molar-refractivity contribution < 1.29 is 27.9 Å². The van der Waals surface area contributed by atoms with E-state index in [1.807, 2.05) is 30.3 Å². The topological polar surface area (TPSA) is 79.3 Å². The highest BCUT2D eigenvalue weighted by Crippen LogP contribution is 2.38. The number of hydrogen-bond acceptors (Lipinski definition) is 4. The van der Waals surface area contributed by atoms with Gasteiger partial charge in [0.25, 0.3) is 5.91 Å². The molecule has 1 amide bonds. The molecule has 0 spiro atoms. The van der Waals surface area contributed by atoms with Crippen molar-refractivity contribution >= 4 is 23.2 Å². The maximum absolute atomic E-state index is 13.6. The van der Waals surface area contributed by atoms with E-state index in [9.17, 15) is 22.8 Å². The van der Waals surface area contributed by atoms with E-state index in [-0.39, 0.29) is 29.1 Å². The molecule has 0 saturated carbocycles. The van der Waals surface area contributed by atoms with Crippen LogP contribution in [-0.4, -0.2) is 28.5 Å². The van der Waals surface area contributed by atoms with E-state index in [1.165, 1.54) is 18.2 Å². The predicted molar refractivity (Wildman–Crippen MR) is 114 cm³/mol. The van der Waals surface area contributed by atoms with Crippen molar-refractivity contribution in [1.82, 2.24) is 10.3 Å². The van der Waals surface area contributed by atoms with E-state index >= 15 is 0 Å². The van der Waals surface area contributed by atoms with Crippen molar-refractivity contribution in [3.05, 3.63) is 75.8 Å². The van der Waals surface area contributed by atoms with Gasteiger partial charge in [0.15, 0.2) is 5.69 Å². The molecule has 32 heavy (non-hydrogen) atoms. The number of carbonyl (C=O) groups is 2. The molecule has 0 aliphatic heterocycles. The summed E-state index contributed by atoms with van der Waals surface area (Å²) < 4.78 is 40.8. The number of aromatic nitrogens is 1. The number of nitrogens with one attached hydrogen (secondary N) is 1. The zero-order chi connectivity index (χ0) is 23.3. The van der Waals surface area contributed by atoms with Gasteiger partial charge in [-0.25, -0.2) is 4.98 Å². The van der Waals surface area contributed by atoms with E-state index in [1.54, 1.807) is 0 Å². The van der Waals surface area contributed by atoms with E-state index in [0.29, 0.717) is 23.3 Å². The number of carbonyl (C=O) groups excluding carboxylic acids is 1. The molecule has 2 aromatic carbocycles. The fourth-order valence-corrected chi connectivity index (χ4v) is 4.04. The van der Waals surface area contributed by atoms with Gasteiger partial charge in [0.2, 0.25) is 0 Å². The summed E-state index contributed by atoms with van der Waals surface area (Å²) in [7, 11) is 0. The molecule has 0 fully saturated rings. The normalized spacial score (nSPS) is 11.1. The Hall–Kier alpha value is -3.64. The van der Waals surface area contributed by atoms with Crippen LogP contribution in [0.15, 0.2) is 48.5 Å². The van der Waals surface area contributed by atoms with Gasteiger partial charge in [-0.2, -0.15) is 13.2 Å². The Morgan fingerprint density at radius 2 is 1.84 bits per heavy atom. The van der Waals surface area contributed by atoms with Crippen molar-refractivity contribution in [3.63, 3.8) is 0 Å². The van der Waals surface area contributed by atoms with Crippen molar-refractivity contribution in [3.8, 4) is 22.9 Å². The lowest BCUT2D eigenvalue weighted by molar-refractivity contribution is -0.141. The summed E-state index contributed by atoms with van der Waals surface area (Å²) in [5.74, 6) is 0.374. The third-order valence-electron chi connectivity index (χ3n) is 4.47. The highest BCUT2D eigenvalue weighted by atomic mass is 32.1. The minimum absolute atomic E-state index is 0.106. The molecule has 3 rings (SSSR count). The number of terminal acetylenes is 1. The molecule has 0 bridgehead atoms. The van der Waals surface area contributed by atoms with E-state index < -0.39 is 28.6 Å². The van der Waals surface area contributed by atoms with Crippen molar-refractivity contribution in [1.29, 1.82) is 0 Å². The summed E-state index contributed by atoms with van der Waals surface area (Å²) >= 11 is 0.565. The van der Waals surface area contributed by atoms with E-state index in [2.05, 4.69) is 16.2 Å². The number of amides is 1. The number of nitrogens with zero attached hydrogens (tertiary/aromatic N) is 1. The zero-order valence-electron chi connectivity index (χ0n) is 16.6. The summed E-state index contributed by atoms with van der Waals surface area (Å²) in [4.78, 5) is 26.6. The Kier molecular flexibility index (Phi) is 6.95. The quantitative estimate of drug-likeness (QED) is 0.514. The number of halogens is 3. The number of carboxylic acids is 1. The summed E-state index contributed by atoms with van der Waals surface area (Å²) in [6.45, 7) is 0.150. The monoisotopic (exact) mass is 458 g/mol. The highest BCUT2D eigenvalue weighted by molar-refractivity contribution is 7.17. The maximum Gasteiger partial charge on any atom is 0.435 e. The van der Waals surface area contributed by atoms with Gasteiger partial charge in [0, 0.05) is 17.7 Å². The molecule has 164 valence electrons. The Morgan fingerprint density at radius 3 is 2.47 bits per heavy atom. The maximum atomic E-state index is 13.6. The first kappa shape index (κ1) is 23.0. The van der Waals surface area contributed by atoms with Gasteiger partial charge in [0.05, 0.1) is 6.42 Å². The molecule has 0 unspecified atom stereocenters. The first-order valence-corrected chi connectivity index (χ1v) is 10.2. The fourth-order valence-electron chi connectivity index (χ4n) is 3.01. The van der Waals surface area contributed by atoms with Crippen LogP contribution in [0.1, 0.15) is 32.1 Å². The number of aliphatic carboxylic acids is 1. The Balaban J connectivity index is 1.92. The molecule has 3 aromatic rings. The van der Waals surface area contributed by atoms with E-state index in [4.69, 9.17) is 11.5 Å². The molecule has 1 aromatic heterocycles. The number of hydrogen-bond donors (Lipinski definition) is 2. The van der Waals surface area contributed by atoms with Crippen LogP contribution in [0.5, 0.6) is 0 Å². The van der Waals surface area contributed by atoms with Crippen LogP contribution >= 0.6 is 11.3 Å². The average Bonchev–Trinajstić information content (AvgIpc) is 3.20. The Labute approximate surface area is 185 Å². The number of alkyl halides is 3. The van der Waals surface area contributed by atoms with Gasteiger partial charge in [-0.3, -0.25) is 9.59 Å². The van der Waals surface area contributed by atoms with Gasteiger partial charge in [0.1, 0.15) is 9.88 Å². The van der Waals surface area contributed by atoms with Crippen molar-refractivity contribution in [2.45, 2.75) is 19.0 Å². The molecule has 9 heteroatoms. The second kappa shape index (κ2) is 9.66. The van der Waals surface area contributed by atoms with Crippen LogP contribution in [0.2, 0.25) is 0 Å². The van der Waals surface area contributed by atoms with Crippen LogP contribution in [-0.2, 0) is 23.8 Å². The fraction of sp³-hybridized carbons (Fsp3) is 0.174. The molecule has 0 aliphatic rings. The number of rotatable bonds is 7. The first-order chi connectivity index (χ1) is 15.2. The summed E-state index contributed by atoms with van der Waals surface area (Å²) in [6, 6.07) is 13.5. The third kappa shape index (κ3) is 5.53. The molecule has 0 atom stereocenters. The van der Waals surface area contributed by atoms with Crippen LogP contribution in [0.4, 0.5) is 13.2 Å². The van der Waals surface area contributed by atoms with Crippen LogP contribution in [0.25, 0.3) is 10.6 Å². The van der Waals surface area contributed by atoms with Crippen LogP contribution in [0.3, 0.4) is 0 Å². The second-order valence-corrected chi connectivity index (χ2v) is 7.78. The standard InChI is InChI=1S/C23H17F3N2O3S/c1-2-16-9-8-15(13-18(29)30)12-17(16)22-28-20(23(24,25)26)19(32-22)21(31)27-11-10-14-6-4-3-5-7-14/h1,3-9,12H,10-11,13H2,(H,27,31)(H,29,30). The van der Waals surface area contributed by atoms with Crippen LogP contribution in [0, 0.1) is 12.3 Å². The minimum atomic E-state index is -4.85. The van der Waals surface area contributed by atoms with Crippen molar-refractivity contribution in [2.24, 2.45) is 0 Å². The van der Waals surface area contributed by atoms with Crippen LogP contribution < -0.4 is 5.32 Å². The average molecular weight is 458 g/mol. The summed E-state index contributed by atoms with van der Waals surface area (Å²) in [5.41, 5.74) is 0.399. The zero-order valence-corrected chi connectivity index (χ0v) is 17.4. The first-order valence-electron chi connectivity index (χ1n) is 9.41. The summed E-state index contributed by atoms with van der Waals surface area (Å²) in [5, 5.41) is 11.4. The lowest BCUT2D eigenvalue weighted by atomic mass is 10.0. The van der Waals surface area contributed by atoms with Gasteiger partial charge < -0.3 is 10.4 Å². The molecule has 0 saturated heterocycles. The molecule has 1 heterocycles. The molecule has 2 N–H and O–H groups in total. The molecular weight excluding hydrogens is 441 g/mol. The number of carboxylic acid groups (broad SMARTS) is 1. The number of thiazole rings is 1. The Bertz CT molecular complexity index is 1180. The van der Waals surface area contributed by atoms with E-state index in [0.717, 1.165) is 5.56 Å². The Morgan fingerprint density at radius 1 is 1.12 bits per heavy atom. The van der Waals surface area contributed by atoms with Gasteiger partial charge in [-0.15, -0.1) is 17.8 Å². The SMILES string of the molecule is C#Cc1ccc(CC(=O)O)cc1-c1nc(C(F)(F)F)c(C(=O)NCCc2ccccc2)s1. The lowest BCUT2D eigenvalue weighted by Crippen LogP contribution is -2.27. The predicted octanol–water partition coefficient (Wildman–Crippen LogP) is 4.41. The third-order valence-corrected chi connectivity index (χ3v) is 5.56. The number of benzene rings is 2. The minimum Gasteiger partial charge on any atom is -0.481 e. The van der Waals surface area contributed by atoms with Gasteiger partial charge in [-0.1, -0.05) is 42.3 Å². The van der Waals surface area contributed by atoms with Crippen molar-refractivity contribution in [2.75, 3.05) is 6.54 Å². The summed E-state index contributed by atoms with van der Waals surface area (Å²) in [6.07, 6.45) is 0.734. The van der Waals surface area contributed by atoms with Gasteiger partial charge >= 0.3 is 12.1 Å². The van der Waals surface area contributed by atoms with Gasteiger partial charge in [-0.05, 0) is 29.7 Å². The smallest absolute Gasteiger partial charge is 0.435 e.